The van der Waals surface area contributed by atoms with E-state index in [-0.39, 0.29) is 0 Å². The van der Waals surface area contributed by atoms with Crippen LogP contribution in [0.15, 0.2) is 48.5 Å². The van der Waals surface area contributed by atoms with Gasteiger partial charge in [-0.1, -0.05) is 24.3 Å². The molecule has 1 heterocycles. The Kier molecular flexibility index (Phi) is 4.34. The summed E-state index contributed by atoms with van der Waals surface area (Å²) in [6.07, 6.45) is 0.784. The lowest BCUT2D eigenvalue weighted by atomic mass is 10.1. The first kappa shape index (κ1) is 14.5. The van der Waals surface area contributed by atoms with E-state index in [9.17, 15) is 0 Å². The fraction of sp³-hybridized carbons (Fsp3) is 0.176. The Morgan fingerprint density at radius 3 is 2.64 bits per heavy atom. The molecule has 0 unspecified atom stereocenters. The van der Waals surface area contributed by atoms with Gasteiger partial charge in [0.25, 0.3) is 0 Å². The monoisotopic (exact) mass is 310 g/mol. The van der Waals surface area contributed by atoms with E-state index in [0.29, 0.717) is 5.11 Å². The van der Waals surface area contributed by atoms with Crippen LogP contribution in [0, 0.1) is 0 Å². The Balaban J connectivity index is 1.69. The number of aromatic nitrogens is 2. The van der Waals surface area contributed by atoms with E-state index in [1.165, 1.54) is 5.56 Å². The van der Waals surface area contributed by atoms with Crippen molar-refractivity contribution in [3.8, 4) is 0 Å². The molecule has 0 amide bonds. The van der Waals surface area contributed by atoms with Crippen molar-refractivity contribution in [2.45, 2.75) is 13.3 Å². The number of H-pyrrole nitrogens is 1. The van der Waals surface area contributed by atoms with Crippen LogP contribution in [0.2, 0.25) is 0 Å². The molecule has 0 aliphatic carbocycles. The van der Waals surface area contributed by atoms with Gasteiger partial charge in [-0.05, 0) is 49.0 Å². The molecule has 4 nitrogen and oxygen atoms in total. The Labute approximate surface area is 135 Å². The highest BCUT2D eigenvalue weighted by Gasteiger charge is 2.03. The Hall–Kier alpha value is -2.40. The van der Waals surface area contributed by atoms with Crippen LogP contribution < -0.4 is 10.6 Å². The zero-order valence-electron chi connectivity index (χ0n) is 12.4. The number of rotatable bonds is 4. The molecule has 112 valence electrons. The summed E-state index contributed by atoms with van der Waals surface area (Å²) in [6, 6.07) is 16.3. The summed E-state index contributed by atoms with van der Waals surface area (Å²) in [4.78, 5) is 7.95. The summed E-state index contributed by atoms with van der Waals surface area (Å²) < 4.78 is 0. The molecule has 0 saturated carbocycles. The van der Waals surface area contributed by atoms with Gasteiger partial charge in [0.15, 0.2) is 5.11 Å². The van der Waals surface area contributed by atoms with Gasteiger partial charge in [0, 0.05) is 18.7 Å². The number of anilines is 1. The molecule has 2 aromatic carbocycles. The largest absolute Gasteiger partial charge is 0.363 e. The number of benzene rings is 2. The van der Waals surface area contributed by atoms with Crippen LogP contribution in [0.25, 0.3) is 11.0 Å². The molecule has 0 aliphatic heterocycles. The Morgan fingerprint density at radius 2 is 1.91 bits per heavy atom. The number of thiocarbonyl (C=S) groups is 1. The number of hydrogen-bond acceptors (Lipinski definition) is 2. The molecule has 3 aromatic rings. The normalized spacial score (nSPS) is 10.6. The zero-order chi connectivity index (χ0) is 15.4. The summed E-state index contributed by atoms with van der Waals surface area (Å²) >= 11 is 5.17. The van der Waals surface area contributed by atoms with E-state index in [4.69, 9.17) is 12.2 Å². The van der Waals surface area contributed by atoms with Crippen LogP contribution in [-0.2, 0) is 6.42 Å². The SMILES string of the molecule is CCNC(=S)Nc1ccc(Cc2nc3ccccc3[nH]2)cc1. The predicted molar refractivity (Wildman–Crippen MR) is 95.2 cm³/mol. The molecule has 5 heteroatoms. The maximum absolute atomic E-state index is 5.17. The minimum atomic E-state index is 0.646. The first-order chi connectivity index (χ1) is 10.7. The predicted octanol–water partition coefficient (Wildman–Crippen LogP) is 3.46. The summed E-state index contributed by atoms with van der Waals surface area (Å²) in [5.41, 5.74) is 4.27. The lowest BCUT2D eigenvalue weighted by Gasteiger charge is -2.09. The lowest BCUT2D eigenvalue weighted by Crippen LogP contribution is -2.27. The van der Waals surface area contributed by atoms with Crippen molar-refractivity contribution >= 4 is 34.1 Å². The van der Waals surface area contributed by atoms with Crippen molar-refractivity contribution in [1.82, 2.24) is 15.3 Å². The number of imidazole rings is 1. The third-order valence-corrected chi connectivity index (χ3v) is 3.61. The van der Waals surface area contributed by atoms with Crippen molar-refractivity contribution < 1.29 is 0 Å². The molecule has 0 fully saturated rings. The highest BCUT2D eigenvalue weighted by molar-refractivity contribution is 7.80. The van der Waals surface area contributed by atoms with E-state index >= 15 is 0 Å². The summed E-state index contributed by atoms with van der Waals surface area (Å²) in [5.74, 6) is 0.977. The van der Waals surface area contributed by atoms with E-state index in [2.05, 4.69) is 32.7 Å². The summed E-state index contributed by atoms with van der Waals surface area (Å²) in [6.45, 7) is 2.83. The number of aromatic amines is 1. The van der Waals surface area contributed by atoms with Gasteiger partial charge in [-0.25, -0.2) is 4.98 Å². The number of nitrogens with one attached hydrogen (secondary N) is 3. The second kappa shape index (κ2) is 6.58. The van der Waals surface area contributed by atoms with Crippen LogP contribution >= 0.6 is 12.2 Å². The Bertz CT molecular complexity index is 744. The molecule has 0 saturated heterocycles. The minimum absolute atomic E-state index is 0.646. The van der Waals surface area contributed by atoms with Gasteiger partial charge in [-0.15, -0.1) is 0 Å². The minimum Gasteiger partial charge on any atom is -0.363 e. The smallest absolute Gasteiger partial charge is 0.170 e. The lowest BCUT2D eigenvalue weighted by molar-refractivity contribution is 0.979. The van der Waals surface area contributed by atoms with Crippen LogP contribution in [0.3, 0.4) is 0 Å². The van der Waals surface area contributed by atoms with Gasteiger partial charge in [-0.3, -0.25) is 0 Å². The van der Waals surface area contributed by atoms with Crippen molar-refractivity contribution in [3.63, 3.8) is 0 Å². The maximum atomic E-state index is 5.17. The highest BCUT2D eigenvalue weighted by atomic mass is 32.1. The number of fused-ring (bicyclic) bond motifs is 1. The maximum Gasteiger partial charge on any atom is 0.170 e. The third kappa shape index (κ3) is 3.43. The topological polar surface area (TPSA) is 52.7 Å². The second-order valence-corrected chi connectivity index (χ2v) is 5.47. The van der Waals surface area contributed by atoms with Crippen molar-refractivity contribution in [3.05, 3.63) is 59.9 Å². The molecule has 1 aromatic heterocycles. The van der Waals surface area contributed by atoms with Gasteiger partial charge in [0.1, 0.15) is 5.82 Å². The fourth-order valence-corrected chi connectivity index (χ4v) is 2.59. The second-order valence-electron chi connectivity index (χ2n) is 5.06. The molecule has 0 spiro atoms. The van der Waals surface area contributed by atoms with Crippen LogP contribution in [0.4, 0.5) is 5.69 Å². The molecule has 3 N–H and O–H groups in total. The standard InChI is InChI=1S/C17H18N4S/c1-2-18-17(22)19-13-9-7-12(8-10-13)11-16-20-14-5-3-4-6-15(14)21-16/h3-10H,2,11H2,1H3,(H,20,21)(H2,18,19,22). The van der Waals surface area contributed by atoms with Crippen molar-refractivity contribution in [2.75, 3.05) is 11.9 Å². The van der Waals surface area contributed by atoms with Crippen LogP contribution in [0.1, 0.15) is 18.3 Å². The van der Waals surface area contributed by atoms with E-state index in [0.717, 1.165) is 35.5 Å². The molecule has 0 bridgehead atoms. The van der Waals surface area contributed by atoms with Gasteiger partial charge < -0.3 is 15.6 Å². The number of hydrogen-bond donors (Lipinski definition) is 3. The van der Waals surface area contributed by atoms with Crippen molar-refractivity contribution in [1.29, 1.82) is 0 Å². The zero-order valence-corrected chi connectivity index (χ0v) is 13.2. The van der Waals surface area contributed by atoms with E-state index in [1.807, 2.05) is 43.3 Å². The first-order valence-electron chi connectivity index (χ1n) is 7.32. The molecule has 0 atom stereocenters. The quantitative estimate of drug-likeness (QED) is 0.646. The van der Waals surface area contributed by atoms with Crippen LogP contribution in [-0.4, -0.2) is 21.6 Å². The highest BCUT2D eigenvalue weighted by Crippen LogP contribution is 2.15. The number of nitrogens with zero attached hydrogens (tertiary/aromatic N) is 1. The number of para-hydroxylation sites is 2. The average Bonchev–Trinajstić information content (AvgIpc) is 2.91. The van der Waals surface area contributed by atoms with Crippen molar-refractivity contribution in [2.24, 2.45) is 0 Å². The van der Waals surface area contributed by atoms with Gasteiger partial charge in [-0.2, -0.15) is 0 Å². The average molecular weight is 310 g/mol. The fourth-order valence-electron chi connectivity index (χ4n) is 2.32. The van der Waals surface area contributed by atoms with E-state index in [1.54, 1.807) is 0 Å². The summed E-state index contributed by atoms with van der Waals surface area (Å²) in [5, 5.41) is 6.87. The molecular formula is C17H18N4S. The molecule has 3 rings (SSSR count). The van der Waals surface area contributed by atoms with Gasteiger partial charge in [0.05, 0.1) is 11.0 Å². The molecular weight excluding hydrogens is 292 g/mol. The first-order valence-corrected chi connectivity index (χ1v) is 7.73. The molecule has 22 heavy (non-hydrogen) atoms. The molecule has 0 aliphatic rings. The van der Waals surface area contributed by atoms with Gasteiger partial charge in [0.2, 0.25) is 0 Å². The Morgan fingerprint density at radius 1 is 1.14 bits per heavy atom. The summed E-state index contributed by atoms with van der Waals surface area (Å²) in [7, 11) is 0. The molecule has 0 radical (unpaired) electrons. The van der Waals surface area contributed by atoms with Gasteiger partial charge >= 0.3 is 0 Å². The van der Waals surface area contributed by atoms with Crippen LogP contribution in [0.5, 0.6) is 0 Å². The third-order valence-electron chi connectivity index (χ3n) is 3.36. The van der Waals surface area contributed by atoms with E-state index < -0.39 is 0 Å².